The number of carbonyl (C=O) groups is 1. The second kappa shape index (κ2) is 9.97. The summed E-state index contributed by atoms with van der Waals surface area (Å²) in [5.74, 6) is 1.26. The fourth-order valence-corrected chi connectivity index (χ4v) is 5.00. The van der Waals surface area contributed by atoms with Gasteiger partial charge in [-0.3, -0.25) is 4.79 Å². The Bertz CT molecular complexity index is 1780. The molecular weight excluding hydrogens is 490 g/mol. The maximum Gasteiger partial charge on any atom is 0.237 e. The average Bonchev–Trinajstić information content (AvgIpc) is 3.70. The fraction of sp³-hybridized carbons (Fsp3) is 0.172. The summed E-state index contributed by atoms with van der Waals surface area (Å²) in [4.78, 5) is 20.8. The molecule has 3 aromatic carbocycles. The molecule has 3 aromatic heterocycles. The number of nitrogens with zero attached hydrogens (tertiary/aromatic N) is 7. The molecule has 0 aliphatic rings. The van der Waals surface area contributed by atoms with Crippen LogP contribution >= 0.6 is 0 Å². The Balaban J connectivity index is 1.34. The average molecular weight is 518 g/mol. The van der Waals surface area contributed by atoms with Crippen molar-refractivity contribution in [1.29, 1.82) is 0 Å². The van der Waals surface area contributed by atoms with Crippen LogP contribution in [0.1, 0.15) is 23.9 Å². The predicted molar refractivity (Wildman–Crippen MR) is 148 cm³/mol. The number of aromatic nitrogens is 8. The quantitative estimate of drug-likeness (QED) is 0.312. The monoisotopic (exact) mass is 517 g/mol. The molecule has 1 amide bonds. The van der Waals surface area contributed by atoms with Gasteiger partial charge in [-0.15, -0.1) is 5.10 Å². The summed E-state index contributed by atoms with van der Waals surface area (Å²) in [6.45, 7) is 4.98. The van der Waals surface area contributed by atoms with Gasteiger partial charge in [-0.1, -0.05) is 55.5 Å². The summed E-state index contributed by atoms with van der Waals surface area (Å²) in [6.07, 6.45) is 4.29. The van der Waals surface area contributed by atoms with E-state index >= 15 is 0 Å². The van der Waals surface area contributed by atoms with E-state index in [1.54, 1.807) is 10.9 Å². The summed E-state index contributed by atoms with van der Waals surface area (Å²) >= 11 is 0. The van der Waals surface area contributed by atoms with Gasteiger partial charge in [0.05, 0.1) is 23.1 Å². The first kappa shape index (κ1) is 24.2. The summed E-state index contributed by atoms with van der Waals surface area (Å²) in [7, 11) is 0. The highest BCUT2D eigenvalue weighted by Gasteiger charge is 2.16. The van der Waals surface area contributed by atoms with E-state index < -0.39 is 5.91 Å². The zero-order valence-electron chi connectivity index (χ0n) is 21.7. The minimum atomic E-state index is -0.402. The smallest absolute Gasteiger partial charge is 0.237 e. The molecule has 0 saturated heterocycles. The van der Waals surface area contributed by atoms with Crippen LogP contribution in [-0.2, 0) is 24.3 Å². The molecule has 0 saturated carbocycles. The van der Waals surface area contributed by atoms with E-state index in [2.05, 4.69) is 86.5 Å². The number of rotatable bonds is 8. The number of nitrogens with one attached hydrogen (secondary N) is 1. The molecule has 10 heteroatoms. The number of aryl methyl sites for hydroxylation is 2. The van der Waals surface area contributed by atoms with Gasteiger partial charge in [-0.25, -0.2) is 15.1 Å². The molecule has 6 rings (SSSR count). The first-order valence-electron chi connectivity index (χ1n) is 12.7. The Morgan fingerprint density at radius 3 is 2.54 bits per heavy atom. The van der Waals surface area contributed by atoms with Crippen LogP contribution in [0.5, 0.6) is 0 Å². The maximum atomic E-state index is 11.3. The van der Waals surface area contributed by atoms with Gasteiger partial charge < -0.3 is 14.9 Å². The zero-order chi connectivity index (χ0) is 26.9. The number of amides is 1. The Labute approximate surface area is 224 Å². The number of tetrazole rings is 1. The minimum absolute atomic E-state index is 0.0991. The first-order valence-corrected chi connectivity index (χ1v) is 12.7. The Morgan fingerprint density at radius 1 is 1.03 bits per heavy atom. The van der Waals surface area contributed by atoms with Gasteiger partial charge in [0, 0.05) is 30.3 Å². The normalized spacial score (nSPS) is 11.3. The highest BCUT2D eigenvalue weighted by molar-refractivity contribution is 5.85. The number of imidazole rings is 2. The van der Waals surface area contributed by atoms with E-state index in [4.69, 9.17) is 10.7 Å². The molecule has 0 atom stereocenters. The van der Waals surface area contributed by atoms with Crippen molar-refractivity contribution in [2.24, 2.45) is 5.73 Å². The summed E-state index contributed by atoms with van der Waals surface area (Å²) in [6, 6.07) is 20.8. The number of nitrogens with two attached hydrogens (primary N) is 1. The molecule has 0 bridgehead atoms. The van der Waals surface area contributed by atoms with Crippen LogP contribution in [0.4, 0.5) is 0 Å². The van der Waals surface area contributed by atoms with Gasteiger partial charge >= 0.3 is 0 Å². The summed E-state index contributed by atoms with van der Waals surface area (Å²) in [5, 5.41) is 14.4. The van der Waals surface area contributed by atoms with Gasteiger partial charge in [-0.2, -0.15) is 0 Å². The molecule has 6 aromatic rings. The van der Waals surface area contributed by atoms with Crippen LogP contribution in [0.25, 0.3) is 44.8 Å². The molecule has 194 valence electrons. The molecule has 0 radical (unpaired) electrons. The van der Waals surface area contributed by atoms with Gasteiger partial charge in [-0.05, 0) is 51.7 Å². The van der Waals surface area contributed by atoms with E-state index in [1.165, 1.54) is 5.56 Å². The van der Waals surface area contributed by atoms with E-state index in [0.717, 1.165) is 56.8 Å². The van der Waals surface area contributed by atoms with Gasteiger partial charge in [0.25, 0.3) is 0 Å². The van der Waals surface area contributed by atoms with Crippen molar-refractivity contribution in [1.82, 2.24) is 39.7 Å². The van der Waals surface area contributed by atoms with Crippen LogP contribution < -0.4 is 5.73 Å². The topological polar surface area (TPSA) is 133 Å². The lowest BCUT2D eigenvalue weighted by Crippen LogP contribution is -2.17. The second-order valence-electron chi connectivity index (χ2n) is 9.52. The van der Waals surface area contributed by atoms with E-state index in [-0.39, 0.29) is 6.54 Å². The molecule has 0 spiro atoms. The molecule has 39 heavy (non-hydrogen) atoms. The maximum absolute atomic E-state index is 11.3. The van der Waals surface area contributed by atoms with Gasteiger partial charge in [0.2, 0.25) is 5.91 Å². The largest absolute Gasteiger partial charge is 0.368 e. The molecular formula is C29H27N9O. The Kier molecular flexibility index (Phi) is 6.20. The van der Waals surface area contributed by atoms with Gasteiger partial charge in [0.15, 0.2) is 5.82 Å². The van der Waals surface area contributed by atoms with Crippen LogP contribution in [0, 0.1) is 6.92 Å². The number of carbonyl (C=O) groups excluding carboxylic acids is 1. The lowest BCUT2D eigenvalue weighted by Gasteiger charge is -2.11. The first-order chi connectivity index (χ1) is 19.0. The van der Waals surface area contributed by atoms with Crippen molar-refractivity contribution < 1.29 is 4.79 Å². The Hall–Kier alpha value is -5.12. The molecule has 0 unspecified atom stereocenters. The summed E-state index contributed by atoms with van der Waals surface area (Å²) < 4.78 is 3.97. The van der Waals surface area contributed by atoms with Crippen LogP contribution in [-0.4, -0.2) is 45.6 Å². The van der Waals surface area contributed by atoms with Crippen molar-refractivity contribution >= 4 is 16.9 Å². The third-order valence-electron chi connectivity index (χ3n) is 6.84. The predicted octanol–water partition coefficient (Wildman–Crippen LogP) is 4.15. The number of primary amides is 1. The zero-order valence-corrected chi connectivity index (χ0v) is 21.7. The minimum Gasteiger partial charge on any atom is -0.368 e. The molecule has 10 nitrogen and oxygen atoms in total. The van der Waals surface area contributed by atoms with Gasteiger partial charge in [0.1, 0.15) is 12.4 Å². The van der Waals surface area contributed by atoms with Crippen molar-refractivity contribution in [2.45, 2.75) is 33.4 Å². The molecule has 3 N–H and O–H groups in total. The molecule has 0 aliphatic carbocycles. The standard InChI is InChI=1S/C29H27N9O/c1-3-27-32-28-18(2)12-21(24-15-37(17-31-24)16-26(30)39)13-25(28)38(27)14-19-8-10-20(11-9-19)22-6-4-5-7-23(22)29-33-35-36-34-29/h4-13,15,17H,3,14,16H2,1-2H3,(H2,30,39)(H,33,34,35,36). The lowest BCUT2D eigenvalue weighted by molar-refractivity contribution is -0.118. The van der Waals surface area contributed by atoms with Crippen LogP contribution in [0.3, 0.4) is 0 Å². The number of aromatic amines is 1. The number of H-pyrrole nitrogens is 1. The third-order valence-corrected chi connectivity index (χ3v) is 6.84. The van der Waals surface area contributed by atoms with Crippen molar-refractivity contribution in [3.8, 4) is 33.8 Å². The van der Waals surface area contributed by atoms with Crippen molar-refractivity contribution in [3.63, 3.8) is 0 Å². The van der Waals surface area contributed by atoms with Crippen LogP contribution in [0.15, 0.2) is 73.2 Å². The number of hydrogen-bond donors (Lipinski definition) is 2. The SMILES string of the molecule is CCc1nc2c(C)cc(-c3cn(CC(N)=O)cn3)cc2n1Cc1ccc(-c2ccccc2-c2nnn[nH]2)cc1. The highest BCUT2D eigenvalue weighted by atomic mass is 16.1. The van der Waals surface area contributed by atoms with E-state index in [1.807, 2.05) is 24.4 Å². The fourth-order valence-electron chi connectivity index (χ4n) is 5.00. The number of fused-ring (bicyclic) bond motifs is 1. The van der Waals surface area contributed by atoms with E-state index in [0.29, 0.717) is 12.4 Å². The molecule has 0 fully saturated rings. The summed E-state index contributed by atoms with van der Waals surface area (Å²) in [5.41, 5.74) is 14.5. The molecule has 0 aliphatic heterocycles. The second-order valence-corrected chi connectivity index (χ2v) is 9.52. The number of benzene rings is 3. The molecule has 3 heterocycles. The Morgan fingerprint density at radius 2 is 1.82 bits per heavy atom. The number of hydrogen-bond acceptors (Lipinski definition) is 6. The third kappa shape index (κ3) is 4.68. The van der Waals surface area contributed by atoms with Crippen molar-refractivity contribution in [3.05, 3.63) is 90.1 Å². The van der Waals surface area contributed by atoms with Crippen LogP contribution in [0.2, 0.25) is 0 Å². The highest BCUT2D eigenvalue weighted by Crippen LogP contribution is 2.31. The lowest BCUT2D eigenvalue weighted by atomic mass is 9.98. The van der Waals surface area contributed by atoms with Crippen molar-refractivity contribution in [2.75, 3.05) is 0 Å². The van der Waals surface area contributed by atoms with E-state index in [9.17, 15) is 4.79 Å².